The van der Waals surface area contributed by atoms with Crippen LogP contribution < -0.4 is 5.32 Å². The molecular formula is C21H26FN5O2. The van der Waals surface area contributed by atoms with Gasteiger partial charge in [-0.3, -0.25) is 4.68 Å². The van der Waals surface area contributed by atoms with Gasteiger partial charge in [-0.25, -0.2) is 9.38 Å². The van der Waals surface area contributed by atoms with Gasteiger partial charge in [0.15, 0.2) is 5.96 Å². The predicted molar refractivity (Wildman–Crippen MR) is 109 cm³/mol. The van der Waals surface area contributed by atoms with Crippen LogP contribution in [0.5, 0.6) is 0 Å². The Morgan fingerprint density at radius 2 is 2.28 bits per heavy atom. The molecule has 1 unspecified atom stereocenters. The average molecular weight is 399 g/mol. The number of fused-ring (bicyclic) bond motifs is 1. The van der Waals surface area contributed by atoms with E-state index in [1.54, 1.807) is 10.7 Å². The van der Waals surface area contributed by atoms with E-state index in [9.17, 15) is 4.39 Å². The van der Waals surface area contributed by atoms with E-state index in [1.165, 1.54) is 12.1 Å². The summed E-state index contributed by atoms with van der Waals surface area (Å²) >= 11 is 0. The van der Waals surface area contributed by atoms with Crippen LogP contribution in [0.15, 0.2) is 40.0 Å². The molecule has 3 aromatic rings. The summed E-state index contributed by atoms with van der Waals surface area (Å²) < 4.78 is 27.2. The molecule has 29 heavy (non-hydrogen) atoms. The molecule has 1 aromatic carbocycles. The van der Waals surface area contributed by atoms with E-state index in [1.807, 2.05) is 33.3 Å². The van der Waals surface area contributed by atoms with E-state index in [4.69, 9.17) is 14.1 Å². The van der Waals surface area contributed by atoms with Crippen molar-refractivity contribution >= 4 is 16.9 Å². The number of hydrogen-bond acceptors (Lipinski definition) is 4. The molecule has 0 aliphatic carbocycles. The number of guanidine groups is 1. The lowest BCUT2D eigenvalue weighted by Crippen LogP contribution is -2.48. The lowest BCUT2D eigenvalue weighted by Gasteiger charge is -2.34. The molecule has 0 bridgehead atoms. The quantitative estimate of drug-likeness (QED) is 0.539. The fourth-order valence-electron chi connectivity index (χ4n) is 3.62. The maximum atomic E-state index is 13.6. The van der Waals surface area contributed by atoms with Crippen LogP contribution in [-0.2, 0) is 18.3 Å². The molecule has 0 radical (unpaired) electrons. The number of rotatable bonds is 4. The Bertz CT molecular complexity index is 1030. The molecule has 1 aliphatic rings. The van der Waals surface area contributed by atoms with Crippen molar-refractivity contribution in [3.8, 4) is 0 Å². The monoisotopic (exact) mass is 399 g/mol. The zero-order valence-electron chi connectivity index (χ0n) is 17.0. The number of benzene rings is 1. The number of furan rings is 1. The molecule has 1 atom stereocenters. The van der Waals surface area contributed by atoms with Crippen LogP contribution in [-0.4, -0.2) is 46.9 Å². The molecule has 1 fully saturated rings. The standard InChI is InChI=1S/C21H26FN5O2/c1-4-23-21(27-7-8-28-20(13-27)15-10-25-26(3)12-15)24-11-19-14(2)17-9-16(22)5-6-18(17)29-19/h5-6,9-10,12,20H,4,7-8,11,13H2,1-3H3,(H,23,24). The first kappa shape index (κ1) is 19.4. The molecule has 0 spiro atoms. The van der Waals surface area contributed by atoms with Gasteiger partial charge < -0.3 is 19.4 Å². The molecule has 2 aromatic heterocycles. The Labute approximate surface area is 169 Å². The minimum absolute atomic E-state index is 0.0442. The van der Waals surface area contributed by atoms with E-state index in [2.05, 4.69) is 15.3 Å². The number of nitrogens with zero attached hydrogens (tertiary/aromatic N) is 4. The first-order valence-electron chi connectivity index (χ1n) is 9.86. The second-order valence-electron chi connectivity index (χ2n) is 7.21. The fourth-order valence-corrected chi connectivity index (χ4v) is 3.62. The van der Waals surface area contributed by atoms with E-state index < -0.39 is 0 Å². The lowest BCUT2D eigenvalue weighted by molar-refractivity contribution is -0.00806. The van der Waals surface area contributed by atoms with Gasteiger partial charge in [-0.2, -0.15) is 5.10 Å². The summed E-state index contributed by atoms with van der Waals surface area (Å²) in [6, 6.07) is 4.58. The van der Waals surface area contributed by atoms with E-state index in [0.717, 1.165) is 41.3 Å². The highest BCUT2D eigenvalue weighted by atomic mass is 19.1. The third kappa shape index (κ3) is 4.12. The molecule has 1 saturated heterocycles. The zero-order valence-corrected chi connectivity index (χ0v) is 17.0. The highest BCUT2D eigenvalue weighted by Gasteiger charge is 2.25. The van der Waals surface area contributed by atoms with Crippen molar-refractivity contribution in [2.24, 2.45) is 12.0 Å². The minimum Gasteiger partial charge on any atom is -0.459 e. The van der Waals surface area contributed by atoms with E-state index >= 15 is 0 Å². The van der Waals surface area contributed by atoms with Gasteiger partial charge >= 0.3 is 0 Å². The van der Waals surface area contributed by atoms with Crippen molar-refractivity contribution in [1.82, 2.24) is 20.0 Å². The highest BCUT2D eigenvalue weighted by Crippen LogP contribution is 2.27. The number of nitrogens with one attached hydrogen (secondary N) is 1. The predicted octanol–water partition coefficient (Wildman–Crippen LogP) is 3.15. The Kier molecular flexibility index (Phi) is 5.53. The fraction of sp³-hybridized carbons (Fsp3) is 0.429. The SMILES string of the molecule is CCNC(=NCc1oc2ccc(F)cc2c1C)N1CCOC(c2cnn(C)c2)C1. The molecule has 1 aliphatic heterocycles. The molecule has 1 N–H and O–H groups in total. The Morgan fingerprint density at radius 1 is 1.41 bits per heavy atom. The summed E-state index contributed by atoms with van der Waals surface area (Å²) in [6.45, 7) is 7.21. The summed E-state index contributed by atoms with van der Waals surface area (Å²) in [5.41, 5.74) is 2.67. The van der Waals surface area contributed by atoms with Crippen LogP contribution in [0.25, 0.3) is 11.0 Å². The van der Waals surface area contributed by atoms with Crippen molar-refractivity contribution < 1.29 is 13.5 Å². The summed E-state index contributed by atoms with van der Waals surface area (Å²) in [6.07, 6.45) is 3.78. The minimum atomic E-state index is -0.264. The maximum Gasteiger partial charge on any atom is 0.194 e. The molecular weight excluding hydrogens is 373 g/mol. The topological polar surface area (TPSA) is 67.8 Å². The summed E-state index contributed by atoms with van der Waals surface area (Å²) in [7, 11) is 1.90. The van der Waals surface area contributed by atoms with E-state index in [-0.39, 0.29) is 11.9 Å². The average Bonchev–Trinajstić information content (AvgIpc) is 3.29. The summed E-state index contributed by atoms with van der Waals surface area (Å²) in [5.74, 6) is 1.30. The van der Waals surface area contributed by atoms with Gasteiger partial charge in [-0.15, -0.1) is 0 Å². The summed E-state index contributed by atoms with van der Waals surface area (Å²) in [5, 5.41) is 8.40. The zero-order chi connectivity index (χ0) is 20.4. The third-order valence-corrected chi connectivity index (χ3v) is 5.17. The third-order valence-electron chi connectivity index (χ3n) is 5.17. The van der Waals surface area contributed by atoms with Crippen LogP contribution in [0.3, 0.4) is 0 Å². The van der Waals surface area contributed by atoms with Gasteiger partial charge in [0.1, 0.15) is 29.8 Å². The maximum absolute atomic E-state index is 13.6. The van der Waals surface area contributed by atoms with Gasteiger partial charge in [-0.1, -0.05) is 0 Å². The van der Waals surface area contributed by atoms with Crippen molar-refractivity contribution in [1.29, 1.82) is 0 Å². The van der Waals surface area contributed by atoms with Gasteiger partial charge in [0.05, 0.1) is 19.3 Å². The van der Waals surface area contributed by atoms with Gasteiger partial charge in [0, 0.05) is 42.8 Å². The van der Waals surface area contributed by atoms with Crippen molar-refractivity contribution in [2.75, 3.05) is 26.2 Å². The van der Waals surface area contributed by atoms with Gasteiger partial charge in [0.25, 0.3) is 0 Å². The number of aromatic nitrogens is 2. The van der Waals surface area contributed by atoms with Crippen LogP contribution in [0.2, 0.25) is 0 Å². The number of aryl methyl sites for hydroxylation is 2. The second kappa shape index (κ2) is 8.24. The largest absolute Gasteiger partial charge is 0.459 e. The van der Waals surface area contributed by atoms with Crippen LogP contribution in [0.4, 0.5) is 4.39 Å². The van der Waals surface area contributed by atoms with Gasteiger partial charge in [-0.05, 0) is 32.0 Å². The van der Waals surface area contributed by atoms with Crippen molar-refractivity contribution in [3.05, 3.63) is 53.3 Å². The molecule has 154 valence electrons. The Hall–Kier alpha value is -2.87. The van der Waals surface area contributed by atoms with E-state index in [0.29, 0.717) is 25.3 Å². The Balaban J connectivity index is 1.54. The highest BCUT2D eigenvalue weighted by molar-refractivity contribution is 5.83. The number of morpholine rings is 1. The van der Waals surface area contributed by atoms with Crippen LogP contribution in [0.1, 0.15) is 29.9 Å². The van der Waals surface area contributed by atoms with Gasteiger partial charge in [0.2, 0.25) is 0 Å². The normalized spacial score (nSPS) is 17.9. The van der Waals surface area contributed by atoms with Crippen LogP contribution >= 0.6 is 0 Å². The van der Waals surface area contributed by atoms with Crippen molar-refractivity contribution in [2.45, 2.75) is 26.5 Å². The Morgan fingerprint density at radius 3 is 3.03 bits per heavy atom. The number of ether oxygens (including phenoxy) is 1. The second-order valence-corrected chi connectivity index (χ2v) is 7.21. The molecule has 0 saturated carbocycles. The molecule has 3 heterocycles. The number of hydrogen-bond donors (Lipinski definition) is 1. The molecule has 4 rings (SSSR count). The number of halogens is 1. The van der Waals surface area contributed by atoms with Crippen LogP contribution in [0, 0.1) is 12.7 Å². The number of aliphatic imine (C=N–C) groups is 1. The van der Waals surface area contributed by atoms with Crippen molar-refractivity contribution in [3.63, 3.8) is 0 Å². The molecule has 0 amide bonds. The molecule has 7 nitrogen and oxygen atoms in total. The lowest BCUT2D eigenvalue weighted by atomic mass is 10.1. The molecule has 8 heteroatoms. The smallest absolute Gasteiger partial charge is 0.194 e. The first-order valence-corrected chi connectivity index (χ1v) is 9.86. The first-order chi connectivity index (χ1) is 14.0. The summed E-state index contributed by atoms with van der Waals surface area (Å²) in [4.78, 5) is 6.98.